The monoisotopic (exact) mass is 509 g/mol. The normalized spacial score (nSPS) is 20.1. The van der Waals surface area contributed by atoms with Crippen LogP contribution in [0.4, 0.5) is 13.2 Å². The van der Waals surface area contributed by atoms with Crippen LogP contribution in [0.15, 0.2) is 51.6 Å². The third kappa shape index (κ3) is 5.19. The first-order valence-electron chi connectivity index (χ1n) is 11.3. The molecule has 0 unspecified atom stereocenters. The van der Waals surface area contributed by atoms with Crippen LogP contribution in [0.3, 0.4) is 0 Å². The van der Waals surface area contributed by atoms with Crippen molar-refractivity contribution >= 4 is 28.8 Å². The summed E-state index contributed by atoms with van der Waals surface area (Å²) in [4.78, 5) is 33.1. The molecule has 3 heterocycles. The fourth-order valence-corrected chi connectivity index (χ4v) is 5.21. The van der Waals surface area contributed by atoms with Gasteiger partial charge < -0.3 is 19.3 Å². The lowest BCUT2D eigenvalue weighted by Gasteiger charge is -2.37. The van der Waals surface area contributed by atoms with E-state index >= 15 is 0 Å². The van der Waals surface area contributed by atoms with Gasteiger partial charge in [0.25, 0.3) is 0 Å². The third-order valence-electron chi connectivity index (χ3n) is 5.86. The van der Waals surface area contributed by atoms with Crippen LogP contribution >= 0.6 is 11.8 Å². The zero-order valence-electron chi connectivity index (χ0n) is 19.6. The highest BCUT2D eigenvalue weighted by Crippen LogP contribution is 2.48. The molecule has 1 aromatic rings. The third-order valence-corrected chi connectivity index (χ3v) is 6.75. The van der Waals surface area contributed by atoms with Crippen LogP contribution in [0.2, 0.25) is 0 Å². The van der Waals surface area contributed by atoms with Crippen molar-refractivity contribution in [1.29, 1.82) is 0 Å². The van der Waals surface area contributed by atoms with Crippen LogP contribution in [-0.4, -0.2) is 59.3 Å². The number of hydrogen-bond donors (Lipinski definition) is 0. The first-order chi connectivity index (χ1) is 16.6. The lowest BCUT2D eigenvalue weighted by molar-refractivity contribution is -0.144. The van der Waals surface area contributed by atoms with E-state index in [9.17, 15) is 22.8 Å². The molecular weight excluding hydrogens is 483 g/mol. The summed E-state index contributed by atoms with van der Waals surface area (Å²) < 4.78 is 52.9. The number of carbonyl (C=O) groups excluding carboxylic acids is 2. The number of carbonyl (C=O) groups is 2. The Hall–Kier alpha value is -2.95. The van der Waals surface area contributed by atoms with Crippen molar-refractivity contribution in [2.75, 3.05) is 20.2 Å². The maximum Gasteiger partial charge on any atom is 0.434 e. The topological polar surface area (TPSA) is 71.4 Å². The predicted molar refractivity (Wildman–Crippen MR) is 125 cm³/mol. The van der Waals surface area contributed by atoms with Crippen LogP contribution in [-0.2, 0) is 14.3 Å². The SMILES string of the molecule is COc1ccc([C@H]2C(C(=O)OC(C)C)=C(C(F)(F)F)N=C3SC=C(CC(=O)N4CCCC4)N32)cc1. The highest BCUT2D eigenvalue weighted by molar-refractivity contribution is 8.16. The second kappa shape index (κ2) is 9.96. The van der Waals surface area contributed by atoms with Crippen LogP contribution in [0, 0.1) is 0 Å². The number of amides is 1. The molecule has 1 fully saturated rings. The molecule has 0 radical (unpaired) electrons. The molecule has 1 atom stereocenters. The van der Waals surface area contributed by atoms with E-state index in [1.807, 2.05) is 0 Å². The number of likely N-dealkylation sites (tertiary alicyclic amines) is 1. The van der Waals surface area contributed by atoms with Crippen molar-refractivity contribution < 1.29 is 32.2 Å². The average Bonchev–Trinajstić information content (AvgIpc) is 3.47. The molecule has 1 amide bonds. The van der Waals surface area contributed by atoms with Gasteiger partial charge in [-0.25, -0.2) is 9.79 Å². The van der Waals surface area contributed by atoms with Gasteiger partial charge in [0.2, 0.25) is 5.91 Å². The quantitative estimate of drug-likeness (QED) is 0.515. The molecule has 0 bridgehead atoms. The minimum atomic E-state index is -4.89. The van der Waals surface area contributed by atoms with E-state index < -0.39 is 35.6 Å². The fraction of sp³-hybridized carbons (Fsp3) is 0.458. The zero-order valence-corrected chi connectivity index (χ0v) is 20.4. The number of methoxy groups -OCH3 is 1. The van der Waals surface area contributed by atoms with Gasteiger partial charge in [-0.3, -0.25) is 4.79 Å². The molecule has 4 rings (SSSR count). The fourth-order valence-electron chi connectivity index (χ4n) is 4.29. The number of halogens is 3. The number of thioether (sulfide) groups is 1. The van der Waals surface area contributed by atoms with E-state index in [2.05, 4.69) is 4.99 Å². The molecule has 1 saturated heterocycles. The Labute approximate surface area is 205 Å². The summed E-state index contributed by atoms with van der Waals surface area (Å²) in [5, 5.41) is 1.69. The summed E-state index contributed by atoms with van der Waals surface area (Å²) in [6.45, 7) is 4.45. The Kier molecular flexibility index (Phi) is 7.16. The van der Waals surface area contributed by atoms with E-state index in [1.165, 1.54) is 7.11 Å². The summed E-state index contributed by atoms with van der Waals surface area (Å²) in [6.07, 6.45) is -3.68. The maximum absolute atomic E-state index is 14.2. The van der Waals surface area contributed by atoms with E-state index in [0.29, 0.717) is 30.1 Å². The molecule has 0 N–H and O–H groups in total. The lowest BCUT2D eigenvalue weighted by atomic mass is 9.93. The average molecular weight is 510 g/mol. The molecular formula is C24H26F3N3O4S. The number of allylic oxidation sites excluding steroid dienone is 1. The van der Waals surface area contributed by atoms with Gasteiger partial charge in [0.15, 0.2) is 10.9 Å². The molecule has 0 aromatic heterocycles. The van der Waals surface area contributed by atoms with Gasteiger partial charge in [0.05, 0.1) is 31.2 Å². The first kappa shape index (κ1) is 25.2. The van der Waals surface area contributed by atoms with Crippen LogP contribution < -0.4 is 4.74 Å². The summed E-state index contributed by atoms with van der Waals surface area (Å²) >= 11 is 1.00. The molecule has 0 aliphatic carbocycles. The predicted octanol–water partition coefficient (Wildman–Crippen LogP) is 4.78. The van der Waals surface area contributed by atoms with Gasteiger partial charge in [0, 0.05) is 18.8 Å². The number of rotatable bonds is 6. The molecule has 35 heavy (non-hydrogen) atoms. The van der Waals surface area contributed by atoms with Crippen molar-refractivity contribution in [3.05, 3.63) is 52.2 Å². The summed E-state index contributed by atoms with van der Waals surface area (Å²) in [5.41, 5.74) is -0.995. The van der Waals surface area contributed by atoms with Crippen molar-refractivity contribution in [1.82, 2.24) is 9.80 Å². The molecule has 11 heteroatoms. The number of amidine groups is 1. The number of fused-ring (bicyclic) bond motifs is 1. The first-order valence-corrected chi connectivity index (χ1v) is 12.2. The number of hydrogen-bond acceptors (Lipinski definition) is 7. The maximum atomic E-state index is 14.2. The van der Waals surface area contributed by atoms with E-state index in [1.54, 1.807) is 53.3 Å². The number of ether oxygens (including phenoxy) is 2. The minimum absolute atomic E-state index is 0.00741. The van der Waals surface area contributed by atoms with Crippen molar-refractivity contribution in [2.24, 2.45) is 4.99 Å². The van der Waals surface area contributed by atoms with E-state index in [4.69, 9.17) is 9.47 Å². The molecule has 7 nitrogen and oxygen atoms in total. The summed E-state index contributed by atoms with van der Waals surface area (Å²) in [6, 6.07) is 5.25. The van der Waals surface area contributed by atoms with Crippen molar-refractivity contribution in [3.63, 3.8) is 0 Å². The number of aliphatic imine (C=N–C) groups is 1. The van der Waals surface area contributed by atoms with E-state index in [-0.39, 0.29) is 17.5 Å². The van der Waals surface area contributed by atoms with Crippen LogP contribution in [0.1, 0.15) is 44.7 Å². The highest BCUT2D eigenvalue weighted by Gasteiger charge is 2.49. The number of nitrogens with zero attached hydrogens (tertiary/aromatic N) is 3. The Morgan fingerprint density at radius 1 is 1.17 bits per heavy atom. The Balaban J connectivity index is 1.81. The Morgan fingerprint density at radius 3 is 2.40 bits per heavy atom. The summed E-state index contributed by atoms with van der Waals surface area (Å²) in [7, 11) is 1.48. The van der Waals surface area contributed by atoms with Crippen molar-refractivity contribution in [2.45, 2.75) is 51.4 Å². The minimum Gasteiger partial charge on any atom is -0.497 e. The lowest BCUT2D eigenvalue weighted by Crippen LogP contribution is -2.40. The van der Waals surface area contributed by atoms with Gasteiger partial charge in [-0.15, -0.1) is 0 Å². The molecule has 1 aromatic carbocycles. The number of benzene rings is 1. The van der Waals surface area contributed by atoms with Crippen LogP contribution in [0.5, 0.6) is 5.75 Å². The van der Waals surface area contributed by atoms with Crippen LogP contribution in [0.25, 0.3) is 0 Å². The molecule has 0 saturated carbocycles. The van der Waals surface area contributed by atoms with E-state index in [0.717, 1.165) is 24.6 Å². The number of alkyl halides is 3. The second-order valence-electron chi connectivity index (χ2n) is 8.65. The molecule has 188 valence electrons. The highest BCUT2D eigenvalue weighted by atomic mass is 32.2. The zero-order chi connectivity index (χ0) is 25.3. The van der Waals surface area contributed by atoms with Crippen molar-refractivity contribution in [3.8, 4) is 5.75 Å². The summed E-state index contributed by atoms with van der Waals surface area (Å²) in [5.74, 6) is -0.695. The standard InChI is InChI=1S/C24H26F3N3O4S/c1-14(2)34-22(32)19-20(15-6-8-17(33-3)9-7-15)30-16(12-18(31)29-10-4-5-11-29)13-35-23(30)28-21(19)24(25,26)27/h6-9,13-14,20H,4-5,10-12H2,1-3H3/t20-/m0/s1. The molecule has 3 aliphatic heterocycles. The number of esters is 1. The molecule has 3 aliphatic rings. The Bertz CT molecular complexity index is 1090. The van der Waals surface area contributed by atoms with Gasteiger partial charge in [-0.05, 0) is 49.8 Å². The van der Waals surface area contributed by atoms with Gasteiger partial charge in [-0.2, -0.15) is 13.2 Å². The largest absolute Gasteiger partial charge is 0.497 e. The second-order valence-corrected chi connectivity index (χ2v) is 9.48. The van der Waals surface area contributed by atoms with Gasteiger partial charge in [0.1, 0.15) is 5.75 Å². The molecule has 0 spiro atoms. The smallest absolute Gasteiger partial charge is 0.434 e. The Morgan fingerprint density at radius 2 is 1.83 bits per heavy atom. The van der Waals surface area contributed by atoms with Gasteiger partial charge in [-0.1, -0.05) is 23.9 Å². The van der Waals surface area contributed by atoms with Gasteiger partial charge >= 0.3 is 12.1 Å².